The van der Waals surface area contributed by atoms with Crippen LogP contribution in [-0.2, 0) is 19.4 Å². The molecule has 2 aromatic carbocycles. The molecule has 0 amide bonds. The van der Waals surface area contributed by atoms with Crippen LogP contribution in [0.1, 0.15) is 23.4 Å². The van der Waals surface area contributed by atoms with Crippen molar-refractivity contribution in [2.24, 2.45) is 0 Å². The van der Waals surface area contributed by atoms with Crippen molar-refractivity contribution in [1.82, 2.24) is 19.5 Å². The van der Waals surface area contributed by atoms with Crippen LogP contribution >= 0.6 is 0 Å². The van der Waals surface area contributed by atoms with Gasteiger partial charge in [-0.15, -0.1) is 0 Å². The van der Waals surface area contributed by atoms with Gasteiger partial charge in [0, 0.05) is 6.42 Å². The predicted molar refractivity (Wildman–Crippen MR) is 107 cm³/mol. The standard InChI is InChI=1S/C22H23N5.ClH/c1-23-21-20-22(27(16-24-20)15-18-11-6-3-7-12-18)26-19(25-21)14-8-13-17-9-4-2-5-10-17;/h2-7,9-12,16H,8,13-15H2,1H3,(H,23,25,26);1H. The Morgan fingerprint density at radius 3 is 2.21 bits per heavy atom. The second-order valence-corrected chi connectivity index (χ2v) is 6.68. The van der Waals surface area contributed by atoms with E-state index in [4.69, 9.17) is 9.97 Å². The number of nitrogens with two attached hydrogens (primary N) is 1. The summed E-state index contributed by atoms with van der Waals surface area (Å²) in [6.07, 6.45) is 4.80. The molecule has 6 heteroatoms. The van der Waals surface area contributed by atoms with Gasteiger partial charge < -0.3 is 17.0 Å². The number of hydrogen-bond acceptors (Lipinski definition) is 3. The van der Waals surface area contributed by atoms with Crippen LogP contribution in [0.15, 0.2) is 67.0 Å². The van der Waals surface area contributed by atoms with E-state index in [0.29, 0.717) is 0 Å². The molecule has 2 N–H and O–H groups in total. The van der Waals surface area contributed by atoms with Crippen molar-refractivity contribution in [1.29, 1.82) is 0 Å². The molecule has 5 nitrogen and oxygen atoms in total. The Morgan fingerprint density at radius 1 is 0.857 bits per heavy atom. The molecule has 0 fully saturated rings. The third-order valence-corrected chi connectivity index (χ3v) is 4.72. The number of halogens is 1. The minimum atomic E-state index is 0. The highest BCUT2D eigenvalue weighted by molar-refractivity contribution is 5.78. The molecule has 0 aliphatic rings. The van der Waals surface area contributed by atoms with Gasteiger partial charge in [-0.2, -0.15) is 4.98 Å². The van der Waals surface area contributed by atoms with Crippen molar-refractivity contribution >= 4 is 17.0 Å². The Bertz CT molecular complexity index is 1020. The van der Waals surface area contributed by atoms with Crippen molar-refractivity contribution in [3.8, 4) is 0 Å². The van der Waals surface area contributed by atoms with Gasteiger partial charge in [-0.25, -0.2) is 9.97 Å². The van der Waals surface area contributed by atoms with E-state index in [1.807, 2.05) is 24.8 Å². The maximum absolute atomic E-state index is 4.84. The van der Waals surface area contributed by atoms with Crippen molar-refractivity contribution < 1.29 is 17.7 Å². The lowest BCUT2D eigenvalue weighted by molar-refractivity contribution is -0.542. The minimum absolute atomic E-state index is 0. The van der Waals surface area contributed by atoms with Gasteiger partial charge >= 0.3 is 0 Å². The third kappa shape index (κ3) is 4.55. The Morgan fingerprint density at radius 2 is 1.54 bits per heavy atom. The fourth-order valence-corrected chi connectivity index (χ4v) is 3.32. The summed E-state index contributed by atoms with van der Waals surface area (Å²) in [5.74, 6) is 1.81. The fourth-order valence-electron chi connectivity index (χ4n) is 3.32. The van der Waals surface area contributed by atoms with Crippen LogP contribution in [-0.4, -0.2) is 26.6 Å². The SMILES string of the molecule is C[NH2+]c1nc(CCCc2ccccc2)nc2c1ncn2Cc1ccccc1.[Cl-]. The molecule has 4 rings (SSSR count). The maximum Gasteiger partial charge on any atom is 0.256 e. The number of hydrogen-bond donors (Lipinski definition) is 1. The highest BCUT2D eigenvalue weighted by Gasteiger charge is 2.15. The molecule has 0 saturated heterocycles. The molecule has 0 spiro atoms. The highest BCUT2D eigenvalue weighted by atomic mass is 35.5. The summed E-state index contributed by atoms with van der Waals surface area (Å²) < 4.78 is 2.11. The van der Waals surface area contributed by atoms with Gasteiger partial charge in [-0.05, 0) is 24.0 Å². The fraction of sp³-hybridized carbons (Fsp3) is 0.227. The van der Waals surface area contributed by atoms with E-state index in [0.717, 1.165) is 48.6 Å². The van der Waals surface area contributed by atoms with Crippen molar-refractivity contribution in [2.45, 2.75) is 25.8 Å². The number of rotatable bonds is 7. The molecule has 2 heterocycles. The van der Waals surface area contributed by atoms with E-state index < -0.39 is 0 Å². The lowest BCUT2D eigenvalue weighted by Crippen LogP contribution is -3.00. The number of imidazole rings is 1. The van der Waals surface area contributed by atoms with Crippen LogP contribution in [0.25, 0.3) is 11.2 Å². The summed E-state index contributed by atoms with van der Waals surface area (Å²) in [5.41, 5.74) is 4.38. The zero-order valence-corrected chi connectivity index (χ0v) is 16.7. The molecule has 0 aliphatic heterocycles. The van der Waals surface area contributed by atoms with Crippen LogP contribution in [0.5, 0.6) is 0 Å². The van der Waals surface area contributed by atoms with E-state index >= 15 is 0 Å². The highest BCUT2D eigenvalue weighted by Crippen LogP contribution is 2.18. The second-order valence-electron chi connectivity index (χ2n) is 6.68. The Balaban J connectivity index is 0.00000225. The monoisotopic (exact) mass is 393 g/mol. The third-order valence-electron chi connectivity index (χ3n) is 4.72. The van der Waals surface area contributed by atoms with Crippen LogP contribution in [0.3, 0.4) is 0 Å². The van der Waals surface area contributed by atoms with Gasteiger partial charge in [0.25, 0.3) is 5.82 Å². The van der Waals surface area contributed by atoms with Crippen molar-refractivity contribution in [3.05, 3.63) is 83.9 Å². The molecule has 4 aromatic rings. The topological polar surface area (TPSA) is 60.2 Å². The predicted octanol–water partition coefficient (Wildman–Crippen LogP) is -0.121. The van der Waals surface area contributed by atoms with Crippen molar-refractivity contribution in [2.75, 3.05) is 7.05 Å². The number of aromatic nitrogens is 4. The first-order valence-electron chi connectivity index (χ1n) is 9.42. The van der Waals surface area contributed by atoms with Crippen LogP contribution in [0, 0.1) is 0 Å². The molecule has 0 bridgehead atoms. The van der Waals surface area contributed by atoms with E-state index in [2.05, 4.69) is 64.1 Å². The van der Waals surface area contributed by atoms with Gasteiger partial charge in [-0.3, -0.25) is 5.32 Å². The van der Waals surface area contributed by atoms with E-state index in [1.165, 1.54) is 11.1 Å². The lowest BCUT2D eigenvalue weighted by atomic mass is 10.1. The molecular formula is C22H24ClN5. The molecule has 28 heavy (non-hydrogen) atoms. The summed E-state index contributed by atoms with van der Waals surface area (Å²) >= 11 is 0. The number of aryl methyl sites for hydroxylation is 2. The quantitative estimate of drug-likeness (QED) is 0.476. The summed E-state index contributed by atoms with van der Waals surface area (Å²) in [4.78, 5) is 14.1. The number of nitrogens with zero attached hydrogens (tertiary/aromatic N) is 4. The van der Waals surface area contributed by atoms with Crippen LogP contribution in [0.2, 0.25) is 0 Å². The van der Waals surface area contributed by atoms with Crippen LogP contribution < -0.4 is 17.7 Å². The van der Waals surface area contributed by atoms with Gasteiger partial charge in [0.05, 0.1) is 19.9 Å². The first-order valence-corrected chi connectivity index (χ1v) is 9.42. The minimum Gasteiger partial charge on any atom is -1.00 e. The van der Waals surface area contributed by atoms with Gasteiger partial charge in [0.15, 0.2) is 11.2 Å². The average Bonchev–Trinajstić information content (AvgIpc) is 3.12. The average molecular weight is 394 g/mol. The first kappa shape index (κ1) is 20.0. The molecule has 0 atom stereocenters. The Labute approximate surface area is 171 Å². The summed E-state index contributed by atoms with van der Waals surface area (Å²) in [6.45, 7) is 0.765. The molecular weight excluding hydrogens is 370 g/mol. The number of benzene rings is 2. The van der Waals surface area contributed by atoms with Gasteiger partial charge in [0.1, 0.15) is 5.82 Å². The summed E-state index contributed by atoms with van der Waals surface area (Å²) in [6, 6.07) is 21.0. The van der Waals surface area contributed by atoms with Crippen LogP contribution in [0.4, 0.5) is 5.82 Å². The number of quaternary nitrogens is 1. The normalized spacial score (nSPS) is 10.8. The first-order chi connectivity index (χ1) is 13.3. The largest absolute Gasteiger partial charge is 1.00 e. The van der Waals surface area contributed by atoms with Crippen molar-refractivity contribution in [3.63, 3.8) is 0 Å². The maximum atomic E-state index is 4.84. The zero-order chi connectivity index (χ0) is 18.5. The molecule has 0 aliphatic carbocycles. The van der Waals surface area contributed by atoms with E-state index in [9.17, 15) is 0 Å². The lowest BCUT2D eigenvalue weighted by Gasteiger charge is -2.06. The molecule has 0 saturated carbocycles. The second kappa shape index (κ2) is 9.44. The Hall–Kier alpha value is -2.76. The molecule has 0 radical (unpaired) electrons. The summed E-state index contributed by atoms with van der Waals surface area (Å²) in [7, 11) is 2.01. The molecule has 0 unspecified atom stereocenters. The van der Waals surface area contributed by atoms with Gasteiger partial charge in [-0.1, -0.05) is 60.7 Å². The Kier molecular flexibility index (Phi) is 6.74. The molecule has 144 valence electrons. The smallest absolute Gasteiger partial charge is 0.256 e. The summed E-state index contributed by atoms with van der Waals surface area (Å²) in [5, 5.41) is 2.02. The number of fused-ring (bicyclic) bond motifs is 1. The zero-order valence-electron chi connectivity index (χ0n) is 15.9. The molecule has 2 aromatic heterocycles. The van der Waals surface area contributed by atoms with Gasteiger partial charge in [0.2, 0.25) is 0 Å². The van der Waals surface area contributed by atoms with E-state index in [-0.39, 0.29) is 12.4 Å². The van der Waals surface area contributed by atoms with E-state index in [1.54, 1.807) is 0 Å².